The summed E-state index contributed by atoms with van der Waals surface area (Å²) in [5.74, 6) is 2.43. The molecule has 2 N–H and O–H groups in total. The van der Waals surface area contributed by atoms with Gasteiger partial charge in [0.2, 0.25) is 5.91 Å². The molecule has 7 nitrogen and oxygen atoms in total. The Balaban J connectivity index is 1.88. The van der Waals surface area contributed by atoms with Gasteiger partial charge in [0.05, 0.1) is 13.7 Å². The summed E-state index contributed by atoms with van der Waals surface area (Å²) in [6, 6.07) is 6.16. The number of nitrogens with one attached hydrogen (secondary N) is 2. The summed E-state index contributed by atoms with van der Waals surface area (Å²) in [5, 5.41) is 6.73. The van der Waals surface area contributed by atoms with Crippen molar-refractivity contribution in [1.82, 2.24) is 15.5 Å². The van der Waals surface area contributed by atoms with Crippen molar-refractivity contribution in [3.8, 4) is 11.5 Å². The molecule has 1 aromatic carbocycles. The first kappa shape index (κ1) is 20.9. The van der Waals surface area contributed by atoms with Crippen molar-refractivity contribution >= 4 is 11.9 Å². The zero-order valence-electron chi connectivity index (χ0n) is 16.9. The largest absolute Gasteiger partial charge is 0.493 e. The van der Waals surface area contributed by atoms with Crippen molar-refractivity contribution in [2.75, 3.05) is 33.9 Å². The van der Waals surface area contributed by atoms with Crippen LogP contribution in [0.25, 0.3) is 0 Å². The first-order valence-corrected chi connectivity index (χ1v) is 9.65. The number of aliphatic imine (C=N–C) groups is 1. The Morgan fingerprint density at radius 3 is 2.81 bits per heavy atom. The van der Waals surface area contributed by atoms with Crippen LogP contribution >= 0.6 is 0 Å². The van der Waals surface area contributed by atoms with E-state index in [0.29, 0.717) is 19.6 Å². The number of carbonyl (C=O) groups is 1. The number of nitrogens with zero attached hydrogens (tertiary/aromatic N) is 2. The minimum absolute atomic E-state index is 0.208. The van der Waals surface area contributed by atoms with E-state index in [9.17, 15) is 4.79 Å². The molecular formula is C20H32N4O3. The van der Waals surface area contributed by atoms with Gasteiger partial charge in [-0.05, 0) is 30.5 Å². The molecule has 27 heavy (non-hydrogen) atoms. The molecule has 1 fully saturated rings. The van der Waals surface area contributed by atoms with Crippen molar-refractivity contribution in [1.29, 1.82) is 0 Å². The van der Waals surface area contributed by atoms with E-state index in [2.05, 4.69) is 22.5 Å². The number of methoxy groups -OCH3 is 1. The lowest BCUT2D eigenvalue weighted by Crippen LogP contribution is -2.44. The average molecular weight is 377 g/mol. The minimum Gasteiger partial charge on any atom is -0.493 e. The predicted molar refractivity (Wildman–Crippen MR) is 107 cm³/mol. The predicted octanol–water partition coefficient (Wildman–Crippen LogP) is 2.16. The highest BCUT2D eigenvalue weighted by molar-refractivity contribution is 5.80. The van der Waals surface area contributed by atoms with Gasteiger partial charge in [0, 0.05) is 39.1 Å². The number of guanidine groups is 1. The third-order valence-electron chi connectivity index (χ3n) is 4.56. The Labute approximate surface area is 162 Å². The number of carbonyl (C=O) groups excluding carboxylic acids is 1. The minimum atomic E-state index is 0.208. The summed E-state index contributed by atoms with van der Waals surface area (Å²) in [4.78, 5) is 18.0. The number of hydrogen-bond acceptors (Lipinski definition) is 4. The maximum absolute atomic E-state index is 11.8. The van der Waals surface area contributed by atoms with Crippen molar-refractivity contribution in [3.05, 3.63) is 23.8 Å². The molecule has 0 aliphatic carbocycles. The van der Waals surface area contributed by atoms with Crippen LogP contribution in [0.3, 0.4) is 0 Å². The molecule has 150 valence electrons. The van der Waals surface area contributed by atoms with Gasteiger partial charge in [-0.2, -0.15) is 0 Å². The average Bonchev–Trinajstić information content (AvgIpc) is 3.17. The molecule has 0 radical (unpaired) electrons. The quantitative estimate of drug-likeness (QED) is 0.537. The van der Waals surface area contributed by atoms with Gasteiger partial charge in [-0.1, -0.05) is 19.9 Å². The Morgan fingerprint density at radius 2 is 2.15 bits per heavy atom. The smallest absolute Gasteiger partial charge is 0.222 e. The van der Waals surface area contributed by atoms with Crippen LogP contribution in [0.4, 0.5) is 0 Å². The van der Waals surface area contributed by atoms with Crippen molar-refractivity contribution in [2.45, 2.75) is 45.7 Å². The zero-order valence-corrected chi connectivity index (χ0v) is 16.9. The zero-order chi connectivity index (χ0) is 19.6. The van der Waals surface area contributed by atoms with E-state index in [-0.39, 0.29) is 11.9 Å². The Hall–Kier alpha value is -2.44. The second-order valence-corrected chi connectivity index (χ2v) is 6.58. The van der Waals surface area contributed by atoms with Gasteiger partial charge in [-0.15, -0.1) is 0 Å². The van der Waals surface area contributed by atoms with E-state index in [0.717, 1.165) is 49.0 Å². The fraction of sp³-hybridized carbons (Fsp3) is 0.600. The Kier molecular flexibility index (Phi) is 8.23. The molecule has 0 aromatic heterocycles. The van der Waals surface area contributed by atoms with Gasteiger partial charge in [-0.25, -0.2) is 0 Å². The summed E-state index contributed by atoms with van der Waals surface area (Å²) in [6.45, 7) is 6.79. The van der Waals surface area contributed by atoms with E-state index in [1.165, 1.54) is 0 Å². The highest BCUT2D eigenvalue weighted by Gasteiger charge is 2.25. The molecule has 0 bridgehead atoms. The van der Waals surface area contributed by atoms with Gasteiger partial charge in [0.1, 0.15) is 0 Å². The van der Waals surface area contributed by atoms with Gasteiger partial charge in [0.25, 0.3) is 0 Å². The van der Waals surface area contributed by atoms with Gasteiger partial charge < -0.3 is 25.0 Å². The molecule has 0 saturated carbocycles. The molecule has 1 unspecified atom stereocenters. The highest BCUT2D eigenvalue weighted by atomic mass is 16.5. The summed E-state index contributed by atoms with van der Waals surface area (Å²) in [5.41, 5.74) is 1.08. The van der Waals surface area contributed by atoms with Crippen molar-refractivity contribution in [3.63, 3.8) is 0 Å². The second-order valence-electron chi connectivity index (χ2n) is 6.58. The molecule has 1 aliphatic rings. The third-order valence-corrected chi connectivity index (χ3v) is 4.56. The maximum Gasteiger partial charge on any atom is 0.222 e. The van der Waals surface area contributed by atoms with Crippen LogP contribution in [0.5, 0.6) is 11.5 Å². The molecule has 2 rings (SSSR count). The van der Waals surface area contributed by atoms with Gasteiger partial charge >= 0.3 is 0 Å². The van der Waals surface area contributed by atoms with Gasteiger partial charge in [-0.3, -0.25) is 9.79 Å². The first-order valence-electron chi connectivity index (χ1n) is 9.65. The molecule has 1 aliphatic heterocycles. The summed E-state index contributed by atoms with van der Waals surface area (Å²) in [7, 11) is 3.40. The van der Waals surface area contributed by atoms with Crippen molar-refractivity contribution in [2.24, 2.45) is 4.99 Å². The van der Waals surface area contributed by atoms with Crippen LogP contribution < -0.4 is 20.1 Å². The van der Waals surface area contributed by atoms with Crippen LogP contribution in [0, 0.1) is 0 Å². The lowest BCUT2D eigenvalue weighted by molar-refractivity contribution is -0.129. The highest BCUT2D eigenvalue weighted by Crippen LogP contribution is 2.28. The summed E-state index contributed by atoms with van der Waals surface area (Å²) < 4.78 is 11.1. The maximum atomic E-state index is 11.8. The van der Waals surface area contributed by atoms with E-state index >= 15 is 0 Å². The lowest BCUT2D eigenvalue weighted by atomic mass is 10.2. The number of likely N-dealkylation sites (tertiary alicyclic amines) is 1. The summed E-state index contributed by atoms with van der Waals surface area (Å²) in [6.07, 6.45) is 2.44. The fourth-order valence-corrected chi connectivity index (χ4v) is 3.06. The normalized spacial score (nSPS) is 17.0. The van der Waals surface area contributed by atoms with E-state index in [1.807, 2.05) is 30.0 Å². The molecule has 0 spiro atoms. The fourth-order valence-electron chi connectivity index (χ4n) is 3.06. The van der Waals surface area contributed by atoms with E-state index in [1.54, 1.807) is 14.2 Å². The molecule has 1 amide bonds. The molecule has 7 heteroatoms. The SMILES string of the molecule is CCCOc1ccc(CNC(=NC)NC2CCN(C(=O)CC)C2)cc1OC. The first-order chi connectivity index (χ1) is 13.1. The van der Waals surface area contributed by atoms with Crippen molar-refractivity contribution < 1.29 is 14.3 Å². The van der Waals surface area contributed by atoms with Crippen LogP contribution in [-0.2, 0) is 11.3 Å². The third kappa shape index (κ3) is 6.05. The number of benzene rings is 1. The van der Waals surface area contributed by atoms with Crippen LogP contribution in [-0.4, -0.2) is 56.7 Å². The van der Waals surface area contributed by atoms with Crippen LogP contribution in [0.2, 0.25) is 0 Å². The lowest BCUT2D eigenvalue weighted by Gasteiger charge is -2.19. The topological polar surface area (TPSA) is 75.2 Å². The molecule has 1 atom stereocenters. The molecular weight excluding hydrogens is 344 g/mol. The molecule has 1 saturated heterocycles. The standard InChI is InChI=1S/C20H32N4O3/c1-5-11-27-17-8-7-15(12-18(17)26-4)13-22-20(21-3)23-16-9-10-24(14-16)19(25)6-2/h7-8,12,16H,5-6,9-11,13-14H2,1-4H3,(H2,21,22,23). The Bertz CT molecular complexity index is 648. The molecule has 1 heterocycles. The van der Waals surface area contributed by atoms with Crippen LogP contribution in [0.1, 0.15) is 38.7 Å². The van der Waals surface area contributed by atoms with E-state index in [4.69, 9.17) is 9.47 Å². The number of amides is 1. The monoisotopic (exact) mass is 376 g/mol. The van der Waals surface area contributed by atoms with Crippen LogP contribution in [0.15, 0.2) is 23.2 Å². The Morgan fingerprint density at radius 1 is 1.33 bits per heavy atom. The number of rotatable bonds is 8. The molecule has 1 aromatic rings. The number of hydrogen-bond donors (Lipinski definition) is 2. The van der Waals surface area contributed by atoms with Gasteiger partial charge in [0.15, 0.2) is 17.5 Å². The number of ether oxygens (including phenoxy) is 2. The summed E-state index contributed by atoms with van der Waals surface area (Å²) >= 11 is 0. The second kappa shape index (κ2) is 10.6. The van der Waals surface area contributed by atoms with E-state index < -0.39 is 0 Å².